The van der Waals surface area contributed by atoms with Gasteiger partial charge < -0.3 is 25.2 Å². The molecule has 8 nitrogen and oxygen atoms in total. The van der Waals surface area contributed by atoms with Gasteiger partial charge in [-0.25, -0.2) is 4.98 Å². The fourth-order valence-corrected chi connectivity index (χ4v) is 3.55. The van der Waals surface area contributed by atoms with Crippen molar-refractivity contribution in [3.63, 3.8) is 0 Å². The summed E-state index contributed by atoms with van der Waals surface area (Å²) >= 11 is 0. The van der Waals surface area contributed by atoms with Gasteiger partial charge in [0.1, 0.15) is 17.3 Å². The lowest BCUT2D eigenvalue weighted by molar-refractivity contribution is 0.122. The van der Waals surface area contributed by atoms with Gasteiger partial charge in [-0.15, -0.1) is 0 Å². The van der Waals surface area contributed by atoms with E-state index in [4.69, 9.17) is 15.2 Å². The third kappa shape index (κ3) is 4.86. The molecular weight excluding hydrogens is 406 g/mol. The van der Waals surface area contributed by atoms with Crippen molar-refractivity contribution < 1.29 is 14.6 Å². The molecule has 1 aliphatic rings. The number of nitrogens with zero attached hydrogens (tertiary/aromatic N) is 4. The van der Waals surface area contributed by atoms with E-state index in [0.29, 0.717) is 41.5 Å². The first-order valence-electron chi connectivity index (χ1n) is 10.4. The average molecular weight is 431 g/mol. The first kappa shape index (κ1) is 21.7. The molecule has 0 radical (unpaired) electrons. The first-order valence-corrected chi connectivity index (χ1v) is 10.4. The van der Waals surface area contributed by atoms with E-state index in [1.165, 1.54) is 0 Å². The van der Waals surface area contributed by atoms with Gasteiger partial charge in [0, 0.05) is 54.8 Å². The van der Waals surface area contributed by atoms with Gasteiger partial charge in [0.2, 0.25) is 0 Å². The van der Waals surface area contributed by atoms with Crippen molar-refractivity contribution in [2.45, 2.75) is 13.0 Å². The van der Waals surface area contributed by atoms with Gasteiger partial charge in [-0.1, -0.05) is 6.07 Å². The van der Waals surface area contributed by atoms with Crippen LogP contribution >= 0.6 is 0 Å². The number of aliphatic hydroxyl groups excluding tert-OH is 1. The number of hydrogen-bond acceptors (Lipinski definition) is 8. The Hall–Kier alpha value is -3.51. The number of hydrogen-bond donors (Lipinski definition) is 2. The number of morpholine rings is 1. The molecule has 4 rings (SSSR count). The molecule has 1 atom stereocenters. The molecular formula is C24H25N5O3. The van der Waals surface area contributed by atoms with Crippen molar-refractivity contribution in [1.82, 2.24) is 9.97 Å². The fraction of sp³-hybridized carbons (Fsp3) is 0.292. The quantitative estimate of drug-likeness (QED) is 0.612. The molecule has 0 saturated carbocycles. The molecule has 1 aliphatic heterocycles. The molecule has 0 bridgehead atoms. The van der Waals surface area contributed by atoms with Crippen LogP contribution in [0.3, 0.4) is 0 Å². The zero-order valence-electron chi connectivity index (χ0n) is 17.9. The smallest absolute Gasteiger partial charge is 0.138 e. The van der Waals surface area contributed by atoms with E-state index in [9.17, 15) is 10.4 Å². The van der Waals surface area contributed by atoms with Gasteiger partial charge in [-0.05, 0) is 31.2 Å². The van der Waals surface area contributed by atoms with Gasteiger partial charge in [-0.2, -0.15) is 5.26 Å². The number of nitrogens with two attached hydrogens (primary N) is 1. The third-order valence-corrected chi connectivity index (χ3v) is 5.26. The Morgan fingerprint density at radius 2 is 2.03 bits per heavy atom. The predicted molar refractivity (Wildman–Crippen MR) is 120 cm³/mol. The lowest BCUT2D eigenvalue weighted by Crippen LogP contribution is -2.36. The highest BCUT2D eigenvalue weighted by Crippen LogP contribution is 2.35. The summed E-state index contributed by atoms with van der Waals surface area (Å²) in [5, 5.41) is 19.3. The van der Waals surface area contributed by atoms with Crippen LogP contribution in [0.5, 0.6) is 11.5 Å². The SMILES string of the molecule is Cc1cc(Oc2cc(C#N)ccc2-c2ccc([C@H](O)CN)cn2)cc(N2CCOCC2)n1. The van der Waals surface area contributed by atoms with Crippen molar-refractivity contribution in [1.29, 1.82) is 5.26 Å². The number of anilines is 1. The highest BCUT2D eigenvalue weighted by molar-refractivity contribution is 5.69. The fourth-order valence-electron chi connectivity index (χ4n) is 3.55. The van der Waals surface area contributed by atoms with Gasteiger partial charge >= 0.3 is 0 Å². The Morgan fingerprint density at radius 1 is 1.22 bits per heavy atom. The maximum atomic E-state index is 9.92. The summed E-state index contributed by atoms with van der Waals surface area (Å²) in [6.07, 6.45) is 0.841. The van der Waals surface area contributed by atoms with Gasteiger partial charge in [0.05, 0.1) is 36.6 Å². The van der Waals surface area contributed by atoms with Crippen molar-refractivity contribution in [2.24, 2.45) is 5.73 Å². The van der Waals surface area contributed by atoms with E-state index in [-0.39, 0.29) is 6.54 Å². The first-order chi connectivity index (χ1) is 15.6. The van der Waals surface area contributed by atoms with Crippen molar-refractivity contribution in [3.05, 3.63) is 65.5 Å². The zero-order valence-corrected chi connectivity index (χ0v) is 17.9. The summed E-state index contributed by atoms with van der Waals surface area (Å²) in [5.74, 6) is 1.98. The molecule has 3 N–H and O–H groups in total. The van der Waals surface area contributed by atoms with Crippen molar-refractivity contribution in [3.8, 4) is 28.8 Å². The molecule has 0 spiro atoms. The number of aliphatic hydroxyl groups is 1. The average Bonchev–Trinajstić information content (AvgIpc) is 2.84. The predicted octanol–water partition coefficient (Wildman–Crippen LogP) is 2.94. The topological polar surface area (TPSA) is 118 Å². The largest absolute Gasteiger partial charge is 0.456 e. The second-order valence-electron chi connectivity index (χ2n) is 7.55. The summed E-state index contributed by atoms with van der Waals surface area (Å²) in [6.45, 7) is 4.93. The number of rotatable bonds is 6. The molecule has 164 valence electrons. The number of pyridine rings is 2. The molecule has 1 fully saturated rings. The summed E-state index contributed by atoms with van der Waals surface area (Å²) in [4.78, 5) is 11.3. The van der Waals surface area contributed by atoms with Crippen LogP contribution in [0.25, 0.3) is 11.3 Å². The molecule has 0 amide bonds. The van der Waals surface area contributed by atoms with E-state index >= 15 is 0 Å². The number of ether oxygens (including phenoxy) is 2. The lowest BCUT2D eigenvalue weighted by Gasteiger charge is -2.28. The molecule has 0 aliphatic carbocycles. The number of aryl methyl sites for hydroxylation is 1. The Balaban J connectivity index is 1.68. The summed E-state index contributed by atoms with van der Waals surface area (Å²) in [6, 6.07) is 14.7. The standard InChI is InChI=1S/C24H25N5O3/c1-16-10-19(12-24(28-16)29-6-8-31-9-7-29)32-23-11-17(13-25)2-4-20(23)21-5-3-18(15-27-21)22(30)14-26/h2-5,10-12,15,22,30H,6-9,14,26H2,1H3/t22-/m1/s1. The Kier molecular flexibility index (Phi) is 6.61. The van der Waals surface area contributed by atoms with Gasteiger partial charge in [-0.3, -0.25) is 4.98 Å². The molecule has 2 aromatic heterocycles. The van der Waals surface area contributed by atoms with Crippen LogP contribution in [0, 0.1) is 18.3 Å². The Morgan fingerprint density at radius 3 is 2.72 bits per heavy atom. The highest BCUT2D eigenvalue weighted by Gasteiger charge is 2.16. The molecule has 1 aromatic carbocycles. The maximum absolute atomic E-state index is 9.92. The van der Waals surface area contributed by atoms with E-state index < -0.39 is 6.10 Å². The second kappa shape index (κ2) is 9.75. The van der Waals surface area contributed by atoms with E-state index in [0.717, 1.165) is 30.2 Å². The summed E-state index contributed by atoms with van der Waals surface area (Å²) < 4.78 is 11.7. The molecule has 1 saturated heterocycles. The van der Waals surface area contributed by atoms with Crippen LogP contribution in [0.2, 0.25) is 0 Å². The van der Waals surface area contributed by atoms with E-state index in [1.807, 2.05) is 25.1 Å². The molecule has 8 heteroatoms. The van der Waals surface area contributed by atoms with Gasteiger partial charge in [0.25, 0.3) is 0 Å². The van der Waals surface area contributed by atoms with Crippen LogP contribution in [-0.2, 0) is 4.74 Å². The zero-order chi connectivity index (χ0) is 22.5. The number of nitriles is 1. The second-order valence-corrected chi connectivity index (χ2v) is 7.55. The monoisotopic (exact) mass is 431 g/mol. The minimum Gasteiger partial charge on any atom is -0.456 e. The highest BCUT2D eigenvalue weighted by atomic mass is 16.5. The molecule has 32 heavy (non-hydrogen) atoms. The van der Waals surface area contributed by atoms with Crippen LogP contribution in [0.1, 0.15) is 22.9 Å². The van der Waals surface area contributed by atoms with Crippen LogP contribution in [0.15, 0.2) is 48.7 Å². The number of aromatic nitrogens is 2. The minimum absolute atomic E-state index is 0.124. The Bertz CT molecular complexity index is 1120. The lowest BCUT2D eigenvalue weighted by atomic mass is 10.1. The van der Waals surface area contributed by atoms with Crippen LogP contribution in [0.4, 0.5) is 5.82 Å². The van der Waals surface area contributed by atoms with Crippen LogP contribution < -0.4 is 15.4 Å². The third-order valence-electron chi connectivity index (χ3n) is 5.26. The molecule has 0 unspecified atom stereocenters. The summed E-state index contributed by atoms with van der Waals surface area (Å²) in [7, 11) is 0. The minimum atomic E-state index is -0.758. The molecule has 3 aromatic rings. The number of benzene rings is 1. The van der Waals surface area contributed by atoms with Crippen molar-refractivity contribution in [2.75, 3.05) is 37.7 Å². The molecule has 3 heterocycles. The van der Waals surface area contributed by atoms with Crippen molar-refractivity contribution >= 4 is 5.82 Å². The Labute approximate surface area is 186 Å². The summed E-state index contributed by atoms with van der Waals surface area (Å²) in [5.41, 5.74) is 8.89. The normalized spacial score (nSPS) is 14.6. The van der Waals surface area contributed by atoms with E-state index in [2.05, 4.69) is 20.9 Å². The van der Waals surface area contributed by atoms with Gasteiger partial charge in [0.15, 0.2) is 0 Å². The van der Waals surface area contributed by atoms with Crippen LogP contribution in [-0.4, -0.2) is 47.9 Å². The van der Waals surface area contributed by atoms with E-state index in [1.54, 1.807) is 30.5 Å². The maximum Gasteiger partial charge on any atom is 0.138 e.